The standard InChI is InChI=1S/C19H21N3O2S/c1-11(23)8-14-5-4-13(10-24-14)22-17-16(21-19(22)12-2-3-12)9-20-15-6-7-25-18(15)17/h6-7,9,12-14H,2-5,8,10H2,1H3/t13-,14+/m0/s1. The largest absolute Gasteiger partial charge is 0.376 e. The summed E-state index contributed by atoms with van der Waals surface area (Å²) in [5.41, 5.74) is 3.27. The van der Waals surface area contributed by atoms with Crippen molar-refractivity contribution < 1.29 is 9.53 Å². The molecule has 2 atom stereocenters. The quantitative estimate of drug-likeness (QED) is 0.703. The summed E-state index contributed by atoms with van der Waals surface area (Å²) in [6, 6.07) is 2.38. The van der Waals surface area contributed by atoms with Crippen LogP contribution in [-0.4, -0.2) is 33.0 Å². The van der Waals surface area contributed by atoms with E-state index in [4.69, 9.17) is 9.72 Å². The number of fused-ring (bicyclic) bond motifs is 3. The van der Waals surface area contributed by atoms with Crippen molar-refractivity contribution in [3.63, 3.8) is 0 Å². The first-order valence-corrected chi connectivity index (χ1v) is 9.93. The van der Waals surface area contributed by atoms with E-state index in [1.165, 1.54) is 28.9 Å². The number of thiophene rings is 1. The molecule has 25 heavy (non-hydrogen) atoms. The summed E-state index contributed by atoms with van der Waals surface area (Å²) in [6.07, 6.45) is 6.96. The van der Waals surface area contributed by atoms with Gasteiger partial charge in [-0.3, -0.25) is 9.78 Å². The second-order valence-corrected chi connectivity index (χ2v) is 8.25. The van der Waals surface area contributed by atoms with Gasteiger partial charge in [-0.1, -0.05) is 0 Å². The van der Waals surface area contributed by atoms with Crippen LogP contribution in [-0.2, 0) is 9.53 Å². The molecule has 2 fully saturated rings. The van der Waals surface area contributed by atoms with Crippen LogP contribution >= 0.6 is 11.3 Å². The Balaban J connectivity index is 1.56. The van der Waals surface area contributed by atoms with Gasteiger partial charge in [-0.15, -0.1) is 11.3 Å². The van der Waals surface area contributed by atoms with Crippen LogP contribution in [0, 0.1) is 0 Å². The van der Waals surface area contributed by atoms with Crippen molar-refractivity contribution in [3.8, 4) is 0 Å². The van der Waals surface area contributed by atoms with Gasteiger partial charge in [0, 0.05) is 12.3 Å². The van der Waals surface area contributed by atoms with E-state index in [1.807, 2.05) is 6.20 Å². The maximum atomic E-state index is 11.4. The second kappa shape index (κ2) is 5.88. The van der Waals surface area contributed by atoms with E-state index in [0.29, 0.717) is 25.0 Å². The summed E-state index contributed by atoms with van der Waals surface area (Å²) in [7, 11) is 0. The van der Waals surface area contributed by atoms with Crippen LogP contribution < -0.4 is 0 Å². The SMILES string of the molecule is CC(=O)C[C@H]1CC[C@H](n2c(C3CC3)nc3cnc4ccsc4c32)CO1. The number of rotatable bonds is 4. The maximum absolute atomic E-state index is 11.4. The third-order valence-corrected chi connectivity index (χ3v) is 6.23. The molecule has 0 aromatic carbocycles. The Morgan fingerprint density at radius 3 is 2.92 bits per heavy atom. The van der Waals surface area contributed by atoms with Crippen molar-refractivity contribution in [2.75, 3.05) is 6.61 Å². The van der Waals surface area contributed by atoms with Crippen LogP contribution in [0.25, 0.3) is 21.3 Å². The highest BCUT2D eigenvalue weighted by Gasteiger charge is 2.34. The monoisotopic (exact) mass is 355 g/mol. The van der Waals surface area contributed by atoms with Gasteiger partial charge >= 0.3 is 0 Å². The molecule has 2 aliphatic rings. The molecule has 3 aromatic heterocycles. The zero-order valence-electron chi connectivity index (χ0n) is 14.3. The Kier molecular flexibility index (Phi) is 3.64. The van der Waals surface area contributed by atoms with Crippen molar-refractivity contribution in [3.05, 3.63) is 23.5 Å². The van der Waals surface area contributed by atoms with Crippen molar-refractivity contribution >= 4 is 38.4 Å². The zero-order chi connectivity index (χ0) is 17.0. The van der Waals surface area contributed by atoms with E-state index in [-0.39, 0.29) is 11.9 Å². The summed E-state index contributed by atoms with van der Waals surface area (Å²) >= 11 is 1.74. The highest BCUT2D eigenvalue weighted by atomic mass is 32.1. The molecule has 0 N–H and O–H groups in total. The number of ketones is 1. The lowest BCUT2D eigenvalue weighted by Gasteiger charge is -2.31. The van der Waals surface area contributed by atoms with Crippen molar-refractivity contribution in [1.29, 1.82) is 0 Å². The predicted octanol–water partition coefficient (Wildman–Crippen LogP) is 4.22. The first-order valence-electron chi connectivity index (χ1n) is 9.06. The molecule has 1 aliphatic heterocycles. The molecule has 1 saturated carbocycles. The first kappa shape index (κ1) is 15.5. The molecule has 0 amide bonds. The van der Waals surface area contributed by atoms with Crippen LogP contribution in [0.5, 0.6) is 0 Å². The van der Waals surface area contributed by atoms with E-state index < -0.39 is 0 Å². The topological polar surface area (TPSA) is 57.0 Å². The van der Waals surface area contributed by atoms with Gasteiger partial charge in [-0.05, 0) is 44.1 Å². The summed E-state index contributed by atoms with van der Waals surface area (Å²) < 4.78 is 9.71. The molecule has 4 heterocycles. The van der Waals surface area contributed by atoms with E-state index >= 15 is 0 Å². The molecular weight excluding hydrogens is 334 g/mol. The Bertz CT molecular complexity index is 948. The number of hydrogen-bond donors (Lipinski definition) is 0. The van der Waals surface area contributed by atoms with Gasteiger partial charge in [0.1, 0.15) is 17.1 Å². The van der Waals surface area contributed by atoms with Crippen LogP contribution in [0.4, 0.5) is 0 Å². The molecule has 0 bridgehead atoms. The molecule has 1 aliphatic carbocycles. The van der Waals surface area contributed by atoms with Gasteiger partial charge in [-0.2, -0.15) is 0 Å². The van der Waals surface area contributed by atoms with Gasteiger partial charge < -0.3 is 9.30 Å². The fourth-order valence-corrected chi connectivity index (χ4v) is 4.86. The molecule has 0 spiro atoms. The van der Waals surface area contributed by atoms with Gasteiger partial charge in [0.15, 0.2) is 0 Å². The van der Waals surface area contributed by atoms with Crippen LogP contribution in [0.15, 0.2) is 17.6 Å². The number of imidazole rings is 1. The summed E-state index contributed by atoms with van der Waals surface area (Å²) in [6.45, 7) is 2.31. The number of carbonyl (C=O) groups excluding carboxylic acids is 1. The maximum Gasteiger partial charge on any atom is 0.132 e. The van der Waals surface area contributed by atoms with E-state index in [0.717, 1.165) is 23.9 Å². The zero-order valence-corrected chi connectivity index (χ0v) is 15.1. The lowest BCUT2D eigenvalue weighted by Crippen LogP contribution is -2.30. The number of hydrogen-bond acceptors (Lipinski definition) is 5. The minimum atomic E-state index is 0.0799. The summed E-state index contributed by atoms with van der Waals surface area (Å²) in [4.78, 5) is 20.9. The third-order valence-electron chi connectivity index (χ3n) is 5.32. The van der Waals surface area contributed by atoms with Gasteiger partial charge in [0.2, 0.25) is 0 Å². The molecule has 0 unspecified atom stereocenters. The lowest BCUT2D eigenvalue weighted by atomic mass is 10.0. The number of pyridine rings is 1. The third kappa shape index (κ3) is 2.68. The number of aromatic nitrogens is 3. The second-order valence-electron chi connectivity index (χ2n) is 7.33. The lowest BCUT2D eigenvalue weighted by molar-refractivity contribution is -0.121. The predicted molar refractivity (Wildman–Crippen MR) is 98.2 cm³/mol. The minimum Gasteiger partial charge on any atom is -0.376 e. The van der Waals surface area contributed by atoms with Crippen LogP contribution in [0.1, 0.15) is 56.8 Å². The highest BCUT2D eigenvalue weighted by Crippen LogP contribution is 2.44. The number of carbonyl (C=O) groups is 1. The molecule has 5 nitrogen and oxygen atoms in total. The average molecular weight is 355 g/mol. The molecule has 1 saturated heterocycles. The molecule has 130 valence electrons. The van der Waals surface area contributed by atoms with Crippen molar-refractivity contribution in [1.82, 2.24) is 14.5 Å². The number of Topliss-reactive ketones (excluding diaryl/α,β-unsaturated/α-hetero) is 1. The van der Waals surface area contributed by atoms with Crippen LogP contribution in [0.3, 0.4) is 0 Å². The first-order chi connectivity index (χ1) is 12.2. The van der Waals surface area contributed by atoms with E-state index in [1.54, 1.807) is 18.3 Å². The van der Waals surface area contributed by atoms with E-state index in [2.05, 4.69) is 21.0 Å². The summed E-state index contributed by atoms with van der Waals surface area (Å²) in [5.74, 6) is 2.00. The Hall–Kier alpha value is -1.79. The fourth-order valence-electron chi connectivity index (χ4n) is 3.97. The number of ether oxygens (including phenoxy) is 1. The van der Waals surface area contributed by atoms with Crippen molar-refractivity contribution in [2.45, 2.75) is 57.1 Å². The summed E-state index contributed by atoms with van der Waals surface area (Å²) in [5, 5.41) is 2.10. The van der Waals surface area contributed by atoms with E-state index in [9.17, 15) is 4.79 Å². The molecule has 0 radical (unpaired) electrons. The molecular formula is C19H21N3O2S. The van der Waals surface area contributed by atoms with Gasteiger partial charge in [-0.25, -0.2) is 4.98 Å². The minimum absolute atomic E-state index is 0.0799. The average Bonchev–Trinajstić information content (AvgIpc) is 3.19. The fraction of sp³-hybridized carbons (Fsp3) is 0.526. The number of nitrogens with zero attached hydrogens (tertiary/aromatic N) is 3. The smallest absolute Gasteiger partial charge is 0.132 e. The molecule has 5 rings (SSSR count). The highest BCUT2D eigenvalue weighted by molar-refractivity contribution is 7.18. The van der Waals surface area contributed by atoms with Crippen molar-refractivity contribution in [2.24, 2.45) is 0 Å². The van der Waals surface area contributed by atoms with Gasteiger partial charge in [0.25, 0.3) is 0 Å². The Morgan fingerprint density at radius 1 is 1.32 bits per heavy atom. The Morgan fingerprint density at radius 2 is 2.20 bits per heavy atom. The van der Waals surface area contributed by atoms with Gasteiger partial charge in [0.05, 0.1) is 40.7 Å². The molecule has 3 aromatic rings. The Labute approximate surface area is 150 Å². The normalized spacial score (nSPS) is 24.2. The van der Waals surface area contributed by atoms with Crippen LogP contribution in [0.2, 0.25) is 0 Å². The molecule has 6 heteroatoms.